The predicted octanol–water partition coefficient (Wildman–Crippen LogP) is 3.43. The largest absolute Gasteiger partial charge is 0.372 e. The topological polar surface area (TPSA) is 84.0 Å². The Labute approximate surface area is 203 Å². The normalized spacial score (nSPS) is 15.9. The van der Waals surface area contributed by atoms with E-state index in [0.29, 0.717) is 51.3 Å². The molecule has 7 heteroatoms. The van der Waals surface area contributed by atoms with Gasteiger partial charge >= 0.3 is 0 Å². The Morgan fingerprint density at radius 2 is 1.68 bits per heavy atom. The number of benzene rings is 1. The van der Waals surface area contributed by atoms with Crippen molar-refractivity contribution in [2.45, 2.75) is 65.3 Å². The molecule has 0 radical (unpaired) electrons. The minimum atomic E-state index is -0.432. The molecule has 2 rings (SSSR count). The van der Waals surface area contributed by atoms with Crippen LogP contribution < -0.4 is 0 Å². The van der Waals surface area contributed by atoms with Crippen LogP contribution in [-0.2, 0) is 36.9 Å². The van der Waals surface area contributed by atoms with Gasteiger partial charge in [-0.15, -0.1) is 0 Å². The summed E-state index contributed by atoms with van der Waals surface area (Å²) < 4.78 is 5.50. The average molecular weight is 473 g/mol. The van der Waals surface area contributed by atoms with Gasteiger partial charge in [0.1, 0.15) is 18.2 Å². The average Bonchev–Trinajstić information content (AvgIpc) is 2.79. The third-order valence-corrected chi connectivity index (χ3v) is 6.21. The Bertz CT molecular complexity index is 834. The number of ketones is 2. The summed E-state index contributed by atoms with van der Waals surface area (Å²) >= 11 is 0. The maximum absolute atomic E-state index is 12.5. The van der Waals surface area contributed by atoms with Gasteiger partial charge in [-0.2, -0.15) is 0 Å². The van der Waals surface area contributed by atoms with Gasteiger partial charge in [0.05, 0.1) is 5.92 Å². The van der Waals surface area contributed by atoms with E-state index in [1.165, 1.54) is 0 Å². The van der Waals surface area contributed by atoms with Crippen LogP contribution in [0.1, 0.15) is 63.5 Å². The first-order valence-electron chi connectivity index (χ1n) is 12.4. The van der Waals surface area contributed by atoms with Crippen LogP contribution in [0.25, 0.3) is 0 Å². The summed E-state index contributed by atoms with van der Waals surface area (Å²) in [6.07, 6.45) is 4.54. The SMILES string of the molecule is CC(C)CC(=O)N(C)CCCOCC(=O)N(C)Cc1ccc(CC(=O)C2CCCCC2=O)cc1. The number of nitrogens with zero attached hydrogens (tertiary/aromatic N) is 2. The smallest absolute Gasteiger partial charge is 0.248 e. The van der Waals surface area contributed by atoms with Gasteiger partial charge in [-0.05, 0) is 36.3 Å². The summed E-state index contributed by atoms with van der Waals surface area (Å²) in [6, 6.07) is 7.62. The van der Waals surface area contributed by atoms with Crippen molar-refractivity contribution in [3.05, 3.63) is 35.4 Å². The van der Waals surface area contributed by atoms with Crippen molar-refractivity contribution >= 4 is 23.4 Å². The summed E-state index contributed by atoms with van der Waals surface area (Å²) in [4.78, 5) is 52.1. The van der Waals surface area contributed by atoms with Crippen molar-refractivity contribution in [2.24, 2.45) is 11.8 Å². The summed E-state index contributed by atoms with van der Waals surface area (Å²) in [7, 11) is 3.52. The van der Waals surface area contributed by atoms with Crippen LogP contribution in [0.5, 0.6) is 0 Å². The molecule has 0 aliphatic heterocycles. The minimum Gasteiger partial charge on any atom is -0.372 e. The standard InChI is InChI=1S/C27H40N2O5/c1-20(2)16-26(32)28(3)14-7-15-34-19-27(33)29(4)18-22-12-10-21(11-13-22)17-25(31)23-8-5-6-9-24(23)30/h10-13,20,23H,5-9,14-19H2,1-4H3. The van der Waals surface area contributed by atoms with Crippen molar-refractivity contribution in [3.63, 3.8) is 0 Å². The van der Waals surface area contributed by atoms with E-state index in [1.54, 1.807) is 23.9 Å². The number of likely N-dealkylation sites (N-methyl/N-ethyl adjacent to an activating group) is 1. The summed E-state index contributed by atoms with van der Waals surface area (Å²) in [5.41, 5.74) is 1.85. The zero-order valence-electron chi connectivity index (χ0n) is 21.2. The number of hydrogen-bond acceptors (Lipinski definition) is 5. The van der Waals surface area contributed by atoms with Gasteiger partial charge in [0.15, 0.2) is 0 Å². The highest BCUT2D eigenvalue weighted by Crippen LogP contribution is 2.23. The molecular weight excluding hydrogens is 432 g/mol. The van der Waals surface area contributed by atoms with Crippen molar-refractivity contribution in [1.82, 2.24) is 9.80 Å². The fourth-order valence-corrected chi connectivity index (χ4v) is 4.08. The highest BCUT2D eigenvalue weighted by molar-refractivity contribution is 6.03. The van der Waals surface area contributed by atoms with Gasteiger partial charge < -0.3 is 14.5 Å². The highest BCUT2D eigenvalue weighted by Gasteiger charge is 2.28. The van der Waals surface area contributed by atoms with Crippen LogP contribution in [0, 0.1) is 11.8 Å². The molecule has 1 fully saturated rings. The number of Topliss-reactive ketones (excluding diaryl/α,β-unsaturated/α-hetero) is 2. The van der Waals surface area contributed by atoms with E-state index in [2.05, 4.69) is 0 Å². The van der Waals surface area contributed by atoms with Crippen LogP contribution in [0.2, 0.25) is 0 Å². The van der Waals surface area contributed by atoms with Crippen LogP contribution in [0.3, 0.4) is 0 Å². The molecule has 1 aliphatic rings. The maximum Gasteiger partial charge on any atom is 0.248 e. The number of hydrogen-bond donors (Lipinski definition) is 0. The van der Waals surface area contributed by atoms with Crippen molar-refractivity contribution in [1.29, 1.82) is 0 Å². The second-order valence-corrected chi connectivity index (χ2v) is 9.79. The molecule has 34 heavy (non-hydrogen) atoms. The maximum atomic E-state index is 12.5. The fraction of sp³-hybridized carbons (Fsp3) is 0.630. The Kier molecular flexibility index (Phi) is 11.4. The molecule has 1 saturated carbocycles. The molecule has 0 N–H and O–H groups in total. The van der Waals surface area contributed by atoms with Gasteiger partial charge in [-0.3, -0.25) is 19.2 Å². The van der Waals surface area contributed by atoms with E-state index in [4.69, 9.17) is 4.74 Å². The van der Waals surface area contributed by atoms with E-state index in [9.17, 15) is 19.2 Å². The van der Waals surface area contributed by atoms with Crippen LogP contribution in [-0.4, -0.2) is 67.0 Å². The monoisotopic (exact) mass is 472 g/mol. The molecule has 1 aromatic carbocycles. The molecule has 0 spiro atoms. The van der Waals surface area contributed by atoms with Gasteiger partial charge in [0, 0.05) is 53.1 Å². The molecular formula is C27H40N2O5. The molecule has 188 valence electrons. The number of carbonyl (C=O) groups is 4. The van der Waals surface area contributed by atoms with Gasteiger partial charge in [0.25, 0.3) is 0 Å². The molecule has 1 unspecified atom stereocenters. The van der Waals surface area contributed by atoms with E-state index >= 15 is 0 Å². The van der Waals surface area contributed by atoms with Crippen molar-refractivity contribution in [3.8, 4) is 0 Å². The summed E-state index contributed by atoms with van der Waals surface area (Å²) in [6.45, 7) is 5.53. The van der Waals surface area contributed by atoms with Gasteiger partial charge in [-0.1, -0.05) is 44.5 Å². The van der Waals surface area contributed by atoms with Crippen molar-refractivity contribution < 1.29 is 23.9 Å². The highest BCUT2D eigenvalue weighted by atomic mass is 16.5. The lowest BCUT2D eigenvalue weighted by Crippen LogP contribution is -2.31. The molecule has 2 amide bonds. The zero-order chi connectivity index (χ0) is 25.1. The number of amides is 2. The van der Waals surface area contributed by atoms with E-state index in [-0.39, 0.29) is 36.4 Å². The predicted molar refractivity (Wildman–Crippen MR) is 131 cm³/mol. The third-order valence-electron chi connectivity index (χ3n) is 6.21. The molecule has 0 aromatic heterocycles. The minimum absolute atomic E-state index is 0.00214. The van der Waals surface area contributed by atoms with Gasteiger partial charge in [0.2, 0.25) is 11.8 Å². The number of ether oxygens (including phenoxy) is 1. The first-order valence-corrected chi connectivity index (χ1v) is 12.4. The lowest BCUT2D eigenvalue weighted by Gasteiger charge is -2.20. The van der Waals surface area contributed by atoms with Crippen LogP contribution >= 0.6 is 0 Å². The molecule has 0 saturated heterocycles. The number of rotatable bonds is 13. The quantitative estimate of drug-likeness (QED) is 0.324. The van der Waals surface area contributed by atoms with Crippen LogP contribution in [0.15, 0.2) is 24.3 Å². The lowest BCUT2D eigenvalue weighted by molar-refractivity contribution is -0.136. The zero-order valence-corrected chi connectivity index (χ0v) is 21.2. The first-order chi connectivity index (χ1) is 16.2. The van der Waals surface area contributed by atoms with Crippen LogP contribution in [0.4, 0.5) is 0 Å². The van der Waals surface area contributed by atoms with Crippen molar-refractivity contribution in [2.75, 3.05) is 33.9 Å². The van der Waals surface area contributed by atoms with E-state index in [0.717, 1.165) is 24.0 Å². The molecule has 0 bridgehead atoms. The molecule has 7 nitrogen and oxygen atoms in total. The molecule has 1 atom stereocenters. The Morgan fingerprint density at radius 1 is 1.00 bits per heavy atom. The Morgan fingerprint density at radius 3 is 2.32 bits per heavy atom. The van der Waals surface area contributed by atoms with Gasteiger partial charge in [-0.25, -0.2) is 0 Å². The Hall–Kier alpha value is -2.54. The second kappa shape index (κ2) is 14.0. The van der Waals surface area contributed by atoms with E-state index in [1.807, 2.05) is 38.1 Å². The van der Waals surface area contributed by atoms with E-state index < -0.39 is 5.92 Å². The molecule has 1 aliphatic carbocycles. The molecule has 1 aromatic rings. The number of carbonyl (C=O) groups excluding carboxylic acids is 4. The summed E-state index contributed by atoms with van der Waals surface area (Å²) in [5, 5.41) is 0. The summed E-state index contributed by atoms with van der Waals surface area (Å²) in [5.74, 6) is 0.0191. The second-order valence-electron chi connectivity index (χ2n) is 9.79. The fourth-order valence-electron chi connectivity index (χ4n) is 4.08. The Balaban J connectivity index is 1.68. The molecule has 0 heterocycles. The first kappa shape index (κ1) is 27.7. The third kappa shape index (κ3) is 9.37. The lowest BCUT2D eigenvalue weighted by atomic mass is 9.83.